The second-order valence-corrected chi connectivity index (χ2v) is 8.67. The highest BCUT2D eigenvalue weighted by molar-refractivity contribution is 5.88. The Morgan fingerprint density at radius 1 is 1.03 bits per heavy atom. The van der Waals surface area contributed by atoms with E-state index in [2.05, 4.69) is 16.7 Å². The zero-order chi connectivity index (χ0) is 22.6. The highest BCUT2D eigenvalue weighted by atomic mass is 16.6. The van der Waals surface area contributed by atoms with Gasteiger partial charge in [0.2, 0.25) is 0 Å². The van der Waals surface area contributed by atoms with Crippen LogP contribution in [-0.4, -0.2) is 68.8 Å². The molecule has 0 aromatic heterocycles. The number of carbonyl (C=O) groups excluding carboxylic acids is 1. The van der Waals surface area contributed by atoms with Crippen molar-refractivity contribution in [2.75, 3.05) is 46.9 Å². The Morgan fingerprint density at radius 3 is 2.28 bits per heavy atom. The smallest absolute Gasteiger partial charge is 0.321 e. The molecule has 0 N–H and O–H groups in total. The standard InChI is InChI=1S/C26H34N2O4/c1-4-14-27-15-17-28(18-16-27)24(20-8-6-5-7-9-20)32-25(29)26(19-23(26)31-3)21-10-12-22(30-2)13-11-21/h5-13,23-24H,4,14-19H2,1-3H3/t23-,24?,26-/m0/s1. The Bertz CT molecular complexity index is 880. The molecule has 2 aromatic carbocycles. The normalized spacial score (nSPS) is 24.7. The molecule has 1 aliphatic heterocycles. The number of methoxy groups -OCH3 is 2. The van der Waals surface area contributed by atoms with Gasteiger partial charge in [0.05, 0.1) is 13.2 Å². The van der Waals surface area contributed by atoms with Gasteiger partial charge >= 0.3 is 5.97 Å². The van der Waals surface area contributed by atoms with Crippen molar-refractivity contribution >= 4 is 5.97 Å². The van der Waals surface area contributed by atoms with Crippen molar-refractivity contribution in [2.24, 2.45) is 0 Å². The number of esters is 1. The molecule has 32 heavy (non-hydrogen) atoms. The van der Waals surface area contributed by atoms with Crippen LogP contribution in [0.3, 0.4) is 0 Å². The number of hydrogen-bond donors (Lipinski definition) is 0. The van der Waals surface area contributed by atoms with Crippen LogP contribution in [0.2, 0.25) is 0 Å². The van der Waals surface area contributed by atoms with E-state index < -0.39 is 11.6 Å². The third-order valence-electron chi connectivity index (χ3n) is 6.73. The summed E-state index contributed by atoms with van der Waals surface area (Å²) < 4.78 is 17.2. The van der Waals surface area contributed by atoms with Gasteiger partial charge < -0.3 is 19.1 Å². The monoisotopic (exact) mass is 438 g/mol. The maximum absolute atomic E-state index is 13.7. The summed E-state index contributed by atoms with van der Waals surface area (Å²) >= 11 is 0. The predicted octanol–water partition coefficient (Wildman–Crippen LogP) is 3.62. The van der Waals surface area contributed by atoms with Crippen molar-refractivity contribution in [1.82, 2.24) is 9.80 Å². The fourth-order valence-corrected chi connectivity index (χ4v) is 4.76. The highest BCUT2D eigenvalue weighted by Gasteiger charge is 2.64. The number of nitrogens with zero attached hydrogens (tertiary/aromatic N) is 2. The zero-order valence-corrected chi connectivity index (χ0v) is 19.3. The van der Waals surface area contributed by atoms with Gasteiger partial charge in [-0.2, -0.15) is 0 Å². The van der Waals surface area contributed by atoms with Gasteiger partial charge in [-0.3, -0.25) is 9.69 Å². The predicted molar refractivity (Wildman–Crippen MR) is 124 cm³/mol. The van der Waals surface area contributed by atoms with E-state index in [0.29, 0.717) is 6.42 Å². The molecule has 172 valence electrons. The van der Waals surface area contributed by atoms with Crippen molar-refractivity contribution in [3.8, 4) is 5.75 Å². The van der Waals surface area contributed by atoms with Crippen LogP contribution in [0.1, 0.15) is 37.1 Å². The van der Waals surface area contributed by atoms with Crippen LogP contribution in [0, 0.1) is 0 Å². The van der Waals surface area contributed by atoms with Crippen LogP contribution in [0.15, 0.2) is 54.6 Å². The molecule has 6 heteroatoms. The largest absolute Gasteiger partial charge is 0.497 e. The first-order chi connectivity index (χ1) is 15.6. The van der Waals surface area contributed by atoms with E-state index in [1.807, 2.05) is 54.6 Å². The second kappa shape index (κ2) is 10.0. The number of hydrogen-bond acceptors (Lipinski definition) is 6. The number of carbonyl (C=O) groups is 1. The lowest BCUT2D eigenvalue weighted by molar-refractivity contribution is -0.166. The lowest BCUT2D eigenvalue weighted by Crippen LogP contribution is -2.49. The molecule has 2 fully saturated rings. The van der Waals surface area contributed by atoms with Crippen LogP contribution in [0.4, 0.5) is 0 Å². The van der Waals surface area contributed by atoms with Crippen molar-refractivity contribution in [1.29, 1.82) is 0 Å². The van der Waals surface area contributed by atoms with Crippen molar-refractivity contribution in [2.45, 2.75) is 37.5 Å². The van der Waals surface area contributed by atoms with Crippen LogP contribution in [0.25, 0.3) is 0 Å². The number of ether oxygens (including phenoxy) is 3. The Labute approximate surface area is 191 Å². The quantitative estimate of drug-likeness (QED) is 0.558. The van der Waals surface area contributed by atoms with Gasteiger partial charge in [-0.1, -0.05) is 49.4 Å². The minimum absolute atomic E-state index is 0.179. The third-order valence-corrected chi connectivity index (χ3v) is 6.73. The molecule has 0 radical (unpaired) electrons. The molecule has 1 aliphatic carbocycles. The molecule has 2 aliphatic rings. The van der Waals surface area contributed by atoms with Gasteiger partial charge in [-0.05, 0) is 37.1 Å². The van der Waals surface area contributed by atoms with E-state index in [1.165, 1.54) is 0 Å². The first kappa shape index (κ1) is 22.8. The zero-order valence-electron chi connectivity index (χ0n) is 19.3. The number of rotatable bonds is 9. The summed E-state index contributed by atoms with van der Waals surface area (Å²) in [5, 5.41) is 0. The summed E-state index contributed by atoms with van der Waals surface area (Å²) in [6.07, 6.45) is 1.20. The third kappa shape index (κ3) is 4.53. The minimum atomic E-state index is -0.766. The van der Waals surface area contributed by atoms with E-state index in [4.69, 9.17) is 14.2 Å². The van der Waals surface area contributed by atoms with Gasteiger partial charge in [0.1, 0.15) is 11.2 Å². The summed E-state index contributed by atoms with van der Waals surface area (Å²) in [6, 6.07) is 17.7. The van der Waals surface area contributed by atoms with Crippen LogP contribution < -0.4 is 4.74 Å². The minimum Gasteiger partial charge on any atom is -0.497 e. The lowest BCUT2D eigenvalue weighted by Gasteiger charge is -2.39. The van der Waals surface area contributed by atoms with E-state index in [9.17, 15) is 4.79 Å². The molecule has 1 heterocycles. The average Bonchev–Trinajstić information content (AvgIpc) is 3.60. The van der Waals surface area contributed by atoms with Crippen molar-refractivity contribution in [3.63, 3.8) is 0 Å². The van der Waals surface area contributed by atoms with Crippen LogP contribution >= 0.6 is 0 Å². The van der Waals surface area contributed by atoms with Gasteiger partial charge in [-0.25, -0.2) is 0 Å². The number of piperazine rings is 1. The van der Waals surface area contributed by atoms with Gasteiger partial charge in [0.15, 0.2) is 6.23 Å². The molecule has 1 unspecified atom stereocenters. The second-order valence-electron chi connectivity index (χ2n) is 8.67. The molecule has 4 rings (SSSR count). The van der Waals surface area contributed by atoms with E-state index in [0.717, 1.165) is 56.0 Å². The maximum Gasteiger partial charge on any atom is 0.321 e. The average molecular weight is 439 g/mol. The molecule has 3 atom stereocenters. The molecule has 0 amide bonds. The Morgan fingerprint density at radius 2 is 1.72 bits per heavy atom. The first-order valence-corrected chi connectivity index (χ1v) is 11.5. The molecule has 1 saturated heterocycles. The fraction of sp³-hybridized carbons (Fsp3) is 0.500. The molecular formula is C26H34N2O4. The van der Waals surface area contributed by atoms with E-state index >= 15 is 0 Å². The van der Waals surface area contributed by atoms with Crippen molar-refractivity contribution in [3.05, 3.63) is 65.7 Å². The fourth-order valence-electron chi connectivity index (χ4n) is 4.76. The lowest BCUT2D eigenvalue weighted by atomic mass is 9.95. The molecule has 1 saturated carbocycles. The van der Waals surface area contributed by atoms with E-state index in [1.54, 1.807) is 14.2 Å². The van der Waals surface area contributed by atoms with Crippen molar-refractivity contribution < 1.29 is 19.0 Å². The summed E-state index contributed by atoms with van der Waals surface area (Å²) in [6.45, 7) is 7.03. The van der Waals surface area contributed by atoms with Crippen LogP contribution in [-0.2, 0) is 19.7 Å². The summed E-state index contributed by atoms with van der Waals surface area (Å²) in [7, 11) is 3.30. The Kier molecular flexibility index (Phi) is 7.13. The highest BCUT2D eigenvalue weighted by Crippen LogP contribution is 2.52. The van der Waals surface area contributed by atoms with Gasteiger partial charge in [-0.15, -0.1) is 0 Å². The summed E-state index contributed by atoms with van der Waals surface area (Å²) in [5.41, 5.74) is 1.15. The molecule has 0 bridgehead atoms. The molecule has 2 aromatic rings. The summed E-state index contributed by atoms with van der Waals surface area (Å²) in [5.74, 6) is 0.540. The first-order valence-electron chi connectivity index (χ1n) is 11.5. The Balaban J connectivity index is 1.56. The number of benzene rings is 2. The SMILES string of the molecule is CCCN1CCN(C(OC(=O)[C@]2(c3ccc(OC)cc3)C[C@@H]2OC)c2ccccc2)CC1. The maximum atomic E-state index is 13.7. The van der Waals surface area contributed by atoms with Gasteiger partial charge in [0, 0.05) is 38.9 Å². The topological polar surface area (TPSA) is 51.2 Å². The molecule has 0 spiro atoms. The Hall–Kier alpha value is -2.41. The molecule has 6 nitrogen and oxygen atoms in total. The van der Waals surface area contributed by atoms with Gasteiger partial charge in [0.25, 0.3) is 0 Å². The summed E-state index contributed by atoms with van der Waals surface area (Å²) in [4.78, 5) is 18.4. The van der Waals surface area contributed by atoms with Crippen LogP contribution in [0.5, 0.6) is 5.75 Å². The van der Waals surface area contributed by atoms with E-state index in [-0.39, 0.29) is 12.1 Å². The molecular weight excluding hydrogens is 404 g/mol.